The summed E-state index contributed by atoms with van der Waals surface area (Å²) in [4.78, 5) is 32.3. The van der Waals surface area contributed by atoms with Gasteiger partial charge in [0.2, 0.25) is 5.91 Å². The number of carbonyl (C=O) groups is 2. The summed E-state index contributed by atoms with van der Waals surface area (Å²) in [7, 11) is 0. The lowest BCUT2D eigenvalue weighted by Gasteiger charge is -2.31. The zero-order valence-electron chi connectivity index (χ0n) is 20.4. The highest BCUT2D eigenvalue weighted by Crippen LogP contribution is 2.32. The van der Waals surface area contributed by atoms with Crippen LogP contribution in [0.1, 0.15) is 46.2 Å². The Morgan fingerprint density at radius 2 is 1.65 bits per heavy atom. The van der Waals surface area contributed by atoms with Crippen LogP contribution in [-0.4, -0.2) is 34.8 Å². The van der Waals surface area contributed by atoms with Gasteiger partial charge in [-0.3, -0.25) is 9.59 Å². The zero-order chi connectivity index (χ0) is 25.6. The average molecular weight is 514 g/mol. The highest BCUT2D eigenvalue weighted by Gasteiger charge is 2.26. The summed E-state index contributed by atoms with van der Waals surface area (Å²) in [6.07, 6.45) is 2.97. The number of halogens is 1. The van der Waals surface area contributed by atoms with Gasteiger partial charge in [-0.25, -0.2) is 9.37 Å². The molecule has 4 aromatic rings. The van der Waals surface area contributed by atoms with E-state index in [1.165, 1.54) is 29.0 Å². The summed E-state index contributed by atoms with van der Waals surface area (Å²) in [5, 5.41) is 5.70. The maximum Gasteiger partial charge on any atom is 0.275 e. The minimum Gasteiger partial charge on any atom is -0.343 e. The minimum atomic E-state index is -0.303. The maximum atomic E-state index is 13.4. The molecule has 0 saturated carbocycles. The Bertz CT molecular complexity index is 1360. The number of nitrogens with one attached hydrogen (secondary N) is 1. The standard InChI is InChI=1S/C30H28FN3O2S/c31-24-13-11-22(12-14-24)25-8-4-5-9-26(25)32-29(36)27-20-37-30(33-27)23-16-18-34(19-17-23)28(35)15-10-21-6-2-1-3-7-21/h1-9,11-14,20,23H,10,15-19H2,(H,32,36). The van der Waals surface area contributed by atoms with Gasteiger partial charge in [-0.1, -0.05) is 60.7 Å². The Morgan fingerprint density at radius 3 is 2.41 bits per heavy atom. The molecule has 0 radical (unpaired) electrons. The second-order valence-electron chi connectivity index (χ2n) is 9.22. The summed E-state index contributed by atoms with van der Waals surface area (Å²) in [6, 6.07) is 23.7. The molecule has 5 nitrogen and oxygen atoms in total. The lowest BCUT2D eigenvalue weighted by Crippen LogP contribution is -2.38. The zero-order valence-corrected chi connectivity index (χ0v) is 21.2. The number of likely N-dealkylation sites (tertiary alicyclic amines) is 1. The molecule has 1 aliphatic heterocycles. The molecule has 1 aliphatic rings. The molecule has 1 aromatic heterocycles. The van der Waals surface area contributed by atoms with E-state index >= 15 is 0 Å². The summed E-state index contributed by atoms with van der Waals surface area (Å²) in [5.74, 6) is -0.134. The molecule has 0 unspecified atom stereocenters. The molecule has 1 fully saturated rings. The lowest BCUT2D eigenvalue weighted by molar-refractivity contribution is -0.132. The van der Waals surface area contributed by atoms with Gasteiger partial charge in [-0.2, -0.15) is 0 Å². The SMILES string of the molecule is O=C(Nc1ccccc1-c1ccc(F)cc1)c1csc(C2CCN(C(=O)CCc3ccccc3)CC2)n1. The average Bonchev–Trinajstić information content (AvgIpc) is 3.44. The van der Waals surface area contributed by atoms with Crippen LogP contribution in [0.15, 0.2) is 84.2 Å². The summed E-state index contributed by atoms with van der Waals surface area (Å²) >= 11 is 1.50. The van der Waals surface area contributed by atoms with Crippen molar-refractivity contribution in [3.63, 3.8) is 0 Å². The molecule has 1 saturated heterocycles. The molecule has 0 spiro atoms. The van der Waals surface area contributed by atoms with E-state index in [9.17, 15) is 14.0 Å². The van der Waals surface area contributed by atoms with Crippen molar-refractivity contribution in [3.8, 4) is 11.1 Å². The van der Waals surface area contributed by atoms with Crippen molar-refractivity contribution in [1.82, 2.24) is 9.88 Å². The van der Waals surface area contributed by atoms with Crippen LogP contribution in [0.3, 0.4) is 0 Å². The third kappa shape index (κ3) is 6.12. The van der Waals surface area contributed by atoms with Crippen LogP contribution >= 0.6 is 11.3 Å². The molecular weight excluding hydrogens is 485 g/mol. The minimum absolute atomic E-state index is 0.196. The number of aryl methyl sites for hydroxylation is 1. The van der Waals surface area contributed by atoms with Crippen molar-refractivity contribution in [2.45, 2.75) is 31.6 Å². The van der Waals surface area contributed by atoms with Crippen molar-refractivity contribution in [3.05, 3.63) is 106 Å². The fourth-order valence-corrected chi connectivity index (χ4v) is 5.64. The second kappa shape index (κ2) is 11.5. The first-order valence-corrected chi connectivity index (χ1v) is 13.4. The number of carbonyl (C=O) groups excluding carboxylic acids is 2. The molecular formula is C30H28FN3O2S. The van der Waals surface area contributed by atoms with E-state index in [0.717, 1.165) is 35.4 Å². The number of hydrogen-bond donors (Lipinski definition) is 1. The van der Waals surface area contributed by atoms with E-state index in [1.807, 2.05) is 47.4 Å². The Labute approximate surface area is 220 Å². The van der Waals surface area contributed by atoms with Gasteiger partial charge in [-0.05, 0) is 48.6 Å². The van der Waals surface area contributed by atoms with Crippen molar-refractivity contribution in [2.24, 2.45) is 0 Å². The highest BCUT2D eigenvalue weighted by atomic mass is 32.1. The van der Waals surface area contributed by atoms with Crippen LogP contribution in [0.5, 0.6) is 0 Å². The Morgan fingerprint density at radius 1 is 0.946 bits per heavy atom. The van der Waals surface area contributed by atoms with Crippen molar-refractivity contribution in [2.75, 3.05) is 18.4 Å². The molecule has 1 N–H and O–H groups in total. The molecule has 5 rings (SSSR count). The third-order valence-corrected chi connectivity index (χ3v) is 7.76. The van der Waals surface area contributed by atoms with Crippen molar-refractivity contribution < 1.29 is 14.0 Å². The molecule has 2 heterocycles. The molecule has 37 heavy (non-hydrogen) atoms. The van der Waals surface area contributed by atoms with Gasteiger partial charge in [0, 0.05) is 42.1 Å². The first kappa shape index (κ1) is 24.8. The normalized spacial score (nSPS) is 13.9. The van der Waals surface area contributed by atoms with Crippen LogP contribution in [0.2, 0.25) is 0 Å². The number of benzene rings is 3. The molecule has 3 aromatic carbocycles. The van der Waals surface area contributed by atoms with Gasteiger partial charge < -0.3 is 10.2 Å². The first-order chi connectivity index (χ1) is 18.1. The largest absolute Gasteiger partial charge is 0.343 e. The fourth-order valence-electron chi connectivity index (χ4n) is 4.67. The molecule has 0 aliphatic carbocycles. The molecule has 7 heteroatoms. The Hall–Kier alpha value is -3.84. The lowest BCUT2D eigenvalue weighted by atomic mass is 9.97. The molecule has 2 amide bonds. The second-order valence-corrected chi connectivity index (χ2v) is 10.1. The monoisotopic (exact) mass is 513 g/mol. The third-order valence-electron chi connectivity index (χ3n) is 6.75. The number of piperidine rings is 1. The number of nitrogens with zero attached hydrogens (tertiary/aromatic N) is 2. The first-order valence-electron chi connectivity index (χ1n) is 12.5. The summed E-state index contributed by atoms with van der Waals surface area (Å²) in [5.41, 5.74) is 3.85. The molecule has 0 atom stereocenters. The smallest absolute Gasteiger partial charge is 0.275 e. The van der Waals surface area contributed by atoms with Gasteiger partial charge >= 0.3 is 0 Å². The van der Waals surface area contributed by atoms with Gasteiger partial charge in [0.05, 0.1) is 5.01 Å². The van der Waals surface area contributed by atoms with Crippen LogP contribution in [-0.2, 0) is 11.2 Å². The topological polar surface area (TPSA) is 62.3 Å². The number of hydrogen-bond acceptors (Lipinski definition) is 4. The van der Waals surface area contributed by atoms with E-state index in [0.29, 0.717) is 30.9 Å². The van der Waals surface area contributed by atoms with E-state index in [1.54, 1.807) is 17.5 Å². The predicted molar refractivity (Wildman–Crippen MR) is 145 cm³/mol. The molecule has 0 bridgehead atoms. The number of para-hydroxylation sites is 1. The van der Waals surface area contributed by atoms with Crippen LogP contribution < -0.4 is 5.32 Å². The number of amides is 2. The Balaban J connectivity index is 1.17. The van der Waals surface area contributed by atoms with Crippen LogP contribution in [0.4, 0.5) is 10.1 Å². The van der Waals surface area contributed by atoms with E-state index in [2.05, 4.69) is 22.4 Å². The van der Waals surface area contributed by atoms with Crippen molar-refractivity contribution >= 4 is 28.8 Å². The quantitative estimate of drug-likeness (QED) is 0.305. The van der Waals surface area contributed by atoms with Crippen LogP contribution in [0.25, 0.3) is 11.1 Å². The van der Waals surface area contributed by atoms with Gasteiger partial charge in [-0.15, -0.1) is 11.3 Å². The maximum absolute atomic E-state index is 13.4. The van der Waals surface area contributed by atoms with Crippen LogP contribution in [0, 0.1) is 5.82 Å². The molecule has 188 valence electrons. The highest BCUT2D eigenvalue weighted by molar-refractivity contribution is 7.10. The van der Waals surface area contributed by atoms with E-state index in [4.69, 9.17) is 0 Å². The number of thiazole rings is 1. The number of aromatic nitrogens is 1. The number of anilines is 1. The van der Waals surface area contributed by atoms with Gasteiger partial charge in [0.1, 0.15) is 11.5 Å². The summed E-state index contributed by atoms with van der Waals surface area (Å²) in [6.45, 7) is 1.43. The van der Waals surface area contributed by atoms with E-state index in [-0.39, 0.29) is 23.5 Å². The predicted octanol–water partition coefficient (Wildman–Crippen LogP) is 6.54. The summed E-state index contributed by atoms with van der Waals surface area (Å²) < 4.78 is 13.4. The van der Waals surface area contributed by atoms with Gasteiger partial charge in [0.15, 0.2) is 0 Å². The Kier molecular flexibility index (Phi) is 7.70. The number of rotatable bonds is 7. The van der Waals surface area contributed by atoms with Gasteiger partial charge in [0.25, 0.3) is 5.91 Å². The van der Waals surface area contributed by atoms with Crippen molar-refractivity contribution in [1.29, 1.82) is 0 Å². The fraction of sp³-hybridized carbons (Fsp3) is 0.233. The van der Waals surface area contributed by atoms with E-state index < -0.39 is 0 Å².